The highest BCUT2D eigenvalue weighted by molar-refractivity contribution is 5.67. The topological polar surface area (TPSA) is 0 Å². The van der Waals surface area contributed by atoms with Gasteiger partial charge in [0.1, 0.15) is 5.82 Å². The second-order valence-corrected chi connectivity index (χ2v) is 4.81. The van der Waals surface area contributed by atoms with Gasteiger partial charge in [-0.3, -0.25) is 0 Å². The van der Waals surface area contributed by atoms with E-state index in [1.807, 2.05) is 0 Å². The van der Waals surface area contributed by atoms with Crippen LogP contribution in [0.3, 0.4) is 0 Å². The second kappa shape index (κ2) is 5.42. The Kier molecular flexibility index (Phi) is 3.98. The molecule has 0 aliphatic heterocycles. The van der Waals surface area contributed by atoms with Gasteiger partial charge in [-0.05, 0) is 11.5 Å². The van der Waals surface area contributed by atoms with Crippen LogP contribution in [0, 0.1) is 34.9 Å². The summed E-state index contributed by atoms with van der Waals surface area (Å²) in [5.41, 5.74) is -1.79. The molecule has 21 heavy (non-hydrogen) atoms. The molecule has 0 spiro atoms. The molecule has 0 radical (unpaired) electrons. The van der Waals surface area contributed by atoms with Crippen molar-refractivity contribution in [3.8, 4) is 11.1 Å². The molecule has 112 valence electrons. The third-order valence-electron chi connectivity index (χ3n) is 3.13. The van der Waals surface area contributed by atoms with Crippen molar-refractivity contribution in [2.45, 2.75) is 19.8 Å². The molecule has 0 bridgehead atoms. The van der Waals surface area contributed by atoms with E-state index in [1.54, 1.807) is 13.8 Å². The highest BCUT2D eigenvalue weighted by atomic mass is 19.2. The molecule has 0 N–H and O–H groups in total. The van der Waals surface area contributed by atoms with Gasteiger partial charge in [-0.2, -0.15) is 0 Å². The van der Waals surface area contributed by atoms with E-state index >= 15 is 0 Å². The van der Waals surface area contributed by atoms with Gasteiger partial charge in [0.25, 0.3) is 0 Å². The lowest BCUT2D eigenvalue weighted by Crippen LogP contribution is -2.06. The zero-order valence-corrected chi connectivity index (χ0v) is 11.1. The largest absolute Gasteiger partial charge is 0.206 e. The molecular weight excluding hydrogens is 294 g/mol. The smallest absolute Gasteiger partial charge is 0.200 e. The number of hydrogen-bond donors (Lipinski definition) is 0. The maximum absolute atomic E-state index is 14.3. The van der Waals surface area contributed by atoms with Gasteiger partial charge in [0.15, 0.2) is 23.3 Å². The summed E-state index contributed by atoms with van der Waals surface area (Å²) in [5.74, 6) is -11.9. The molecule has 0 heterocycles. The standard InChI is InChI=1S/C15H10F6/c1-6(2)7-4-3-5-8(10(7)16)9-11(17)13(19)15(21)14(20)12(9)18/h3-6H,1-2H3. The zero-order valence-electron chi connectivity index (χ0n) is 11.1. The van der Waals surface area contributed by atoms with Crippen molar-refractivity contribution in [2.75, 3.05) is 0 Å². The first-order valence-electron chi connectivity index (χ1n) is 6.07. The highest BCUT2D eigenvalue weighted by Gasteiger charge is 2.28. The third kappa shape index (κ3) is 2.39. The van der Waals surface area contributed by atoms with Crippen LogP contribution >= 0.6 is 0 Å². The molecule has 2 rings (SSSR count). The Labute approximate surface area is 117 Å². The maximum Gasteiger partial charge on any atom is 0.200 e. The maximum atomic E-state index is 14.3. The van der Waals surface area contributed by atoms with E-state index in [0.29, 0.717) is 0 Å². The molecule has 2 aromatic rings. The molecule has 0 saturated heterocycles. The van der Waals surface area contributed by atoms with Crippen LogP contribution in [0.4, 0.5) is 26.3 Å². The van der Waals surface area contributed by atoms with Gasteiger partial charge in [0, 0.05) is 5.56 Å². The van der Waals surface area contributed by atoms with Crippen LogP contribution in [0.1, 0.15) is 25.3 Å². The first-order valence-corrected chi connectivity index (χ1v) is 6.07. The summed E-state index contributed by atoms with van der Waals surface area (Å²) in [6, 6.07) is 3.65. The van der Waals surface area contributed by atoms with Gasteiger partial charge in [-0.25, -0.2) is 26.3 Å². The minimum atomic E-state index is -2.27. The lowest BCUT2D eigenvalue weighted by Gasteiger charge is -2.13. The van der Waals surface area contributed by atoms with Crippen molar-refractivity contribution in [1.82, 2.24) is 0 Å². The fourth-order valence-corrected chi connectivity index (χ4v) is 2.03. The van der Waals surface area contributed by atoms with E-state index < -0.39 is 46.0 Å². The van der Waals surface area contributed by atoms with Crippen LogP contribution in [-0.4, -0.2) is 0 Å². The normalized spacial score (nSPS) is 11.3. The molecule has 0 unspecified atom stereocenters. The van der Waals surface area contributed by atoms with Gasteiger partial charge in [-0.15, -0.1) is 0 Å². The molecule has 0 aliphatic rings. The van der Waals surface area contributed by atoms with Crippen molar-refractivity contribution in [3.63, 3.8) is 0 Å². The monoisotopic (exact) mass is 304 g/mol. The van der Waals surface area contributed by atoms with E-state index in [2.05, 4.69) is 0 Å². The van der Waals surface area contributed by atoms with Crippen LogP contribution in [0.15, 0.2) is 18.2 Å². The predicted octanol–water partition coefficient (Wildman–Crippen LogP) is 5.31. The van der Waals surface area contributed by atoms with Crippen molar-refractivity contribution >= 4 is 0 Å². The van der Waals surface area contributed by atoms with Crippen molar-refractivity contribution in [1.29, 1.82) is 0 Å². The quantitative estimate of drug-likeness (QED) is 0.400. The van der Waals surface area contributed by atoms with Gasteiger partial charge in [-0.1, -0.05) is 32.0 Å². The Morgan fingerprint density at radius 1 is 0.667 bits per heavy atom. The van der Waals surface area contributed by atoms with Gasteiger partial charge >= 0.3 is 0 Å². The van der Waals surface area contributed by atoms with Crippen LogP contribution in [0.5, 0.6) is 0 Å². The van der Waals surface area contributed by atoms with E-state index in [-0.39, 0.29) is 11.5 Å². The van der Waals surface area contributed by atoms with Gasteiger partial charge in [0.2, 0.25) is 5.82 Å². The first-order chi connectivity index (χ1) is 9.77. The Morgan fingerprint density at radius 3 is 1.62 bits per heavy atom. The van der Waals surface area contributed by atoms with Gasteiger partial charge in [0.05, 0.1) is 5.56 Å². The Bertz CT molecular complexity index is 677. The van der Waals surface area contributed by atoms with E-state index in [1.165, 1.54) is 12.1 Å². The Balaban J connectivity index is 2.83. The average Bonchev–Trinajstić information content (AvgIpc) is 2.44. The predicted molar refractivity (Wildman–Crippen MR) is 65.7 cm³/mol. The number of hydrogen-bond acceptors (Lipinski definition) is 0. The first kappa shape index (κ1) is 15.4. The molecule has 0 aromatic heterocycles. The molecule has 0 nitrogen and oxygen atoms in total. The molecular formula is C15H10F6. The summed E-state index contributed by atoms with van der Waals surface area (Å²) < 4.78 is 81.1. The van der Waals surface area contributed by atoms with Crippen LogP contribution < -0.4 is 0 Å². The van der Waals surface area contributed by atoms with E-state index in [4.69, 9.17) is 0 Å². The van der Waals surface area contributed by atoms with Gasteiger partial charge < -0.3 is 0 Å². The molecule has 0 fully saturated rings. The lowest BCUT2D eigenvalue weighted by atomic mass is 9.95. The summed E-state index contributed by atoms with van der Waals surface area (Å²) >= 11 is 0. The fourth-order valence-electron chi connectivity index (χ4n) is 2.03. The molecule has 0 amide bonds. The van der Waals surface area contributed by atoms with Crippen molar-refractivity contribution in [3.05, 3.63) is 58.7 Å². The van der Waals surface area contributed by atoms with Crippen LogP contribution in [-0.2, 0) is 0 Å². The summed E-state index contributed by atoms with van der Waals surface area (Å²) in [4.78, 5) is 0. The van der Waals surface area contributed by atoms with Crippen LogP contribution in [0.25, 0.3) is 11.1 Å². The second-order valence-electron chi connectivity index (χ2n) is 4.81. The summed E-state index contributed by atoms with van der Waals surface area (Å²) in [6.45, 7) is 3.28. The summed E-state index contributed by atoms with van der Waals surface area (Å²) in [7, 11) is 0. The fraction of sp³-hybridized carbons (Fsp3) is 0.200. The molecule has 2 aromatic carbocycles. The van der Waals surface area contributed by atoms with E-state index in [9.17, 15) is 26.3 Å². The Morgan fingerprint density at radius 2 is 1.14 bits per heavy atom. The molecule has 6 heteroatoms. The zero-order chi connectivity index (χ0) is 15.9. The van der Waals surface area contributed by atoms with Crippen molar-refractivity contribution < 1.29 is 26.3 Å². The van der Waals surface area contributed by atoms with Crippen molar-refractivity contribution in [2.24, 2.45) is 0 Å². The summed E-state index contributed by atoms with van der Waals surface area (Å²) in [6.07, 6.45) is 0. The average molecular weight is 304 g/mol. The SMILES string of the molecule is CC(C)c1cccc(-c2c(F)c(F)c(F)c(F)c2F)c1F. The van der Waals surface area contributed by atoms with E-state index in [0.717, 1.165) is 6.07 Å². The number of rotatable bonds is 2. The third-order valence-corrected chi connectivity index (χ3v) is 3.13. The number of benzene rings is 2. The summed E-state index contributed by atoms with van der Waals surface area (Å²) in [5, 5.41) is 0. The minimum absolute atomic E-state index is 0.122. The van der Waals surface area contributed by atoms with Crippen LogP contribution in [0.2, 0.25) is 0 Å². The highest BCUT2D eigenvalue weighted by Crippen LogP contribution is 2.35. The minimum Gasteiger partial charge on any atom is -0.206 e. The lowest BCUT2D eigenvalue weighted by molar-refractivity contribution is 0.381. The number of halogens is 6. The molecule has 0 saturated carbocycles. The molecule has 0 atom stereocenters. The Hall–Kier alpha value is -1.98. The molecule has 0 aliphatic carbocycles.